The van der Waals surface area contributed by atoms with E-state index in [4.69, 9.17) is 4.74 Å². The minimum Gasteiger partial charge on any atom is -0.494 e. The maximum Gasteiger partial charge on any atom is 0.291 e. The van der Waals surface area contributed by atoms with Crippen LogP contribution in [0.3, 0.4) is 0 Å². The second-order valence-corrected chi connectivity index (χ2v) is 10.4. The summed E-state index contributed by atoms with van der Waals surface area (Å²) in [6.07, 6.45) is 6.30. The highest BCUT2D eigenvalue weighted by atomic mass is 79.9. The fourth-order valence-electron chi connectivity index (χ4n) is 4.26. The number of aromatic nitrogens is 3. The average molecular weight is 565 g/mol. The van der Waals surface area contributed by atoms with Crippen LogP contribution in [0.5, 0.6) is 5.75 Å². The van der Waals surface area contributed by atoms with E-state index in [1.54, 1.807) is 11.0 Å². The van der Waals surface area contributed by atoms with E-state index in [-0.39, 0.29) is 11.5 Å². The molecule has 0 N–H and O–H groups in total. The fourth-order valence-corrected chi connectivity index (χ4v) is 5.62. The molecule has 0 saturated carbocycles. The predicted octanol–water partition coefficient (Wildman–Crippen LogP) is 4.99. The molecular weight excluding hydrogens is 540 g/mol. The maximum absolute atomic E-state index is 13.3. The zero-order chi connectivity index (χ0) is 25.2. The Labute approximate surface area is 220 Å². The first kappa shape index (κ1) is 24.4. The monoisotopic (exact) mass is 564 g/mol. The first-order chi connectivity index (χ1) is 17.5. The van der Waals surface area contributed by atoms with Gasteiger partial charge in [0.1, 0.15) is 10.3 Å². The molecule has 2 aromatic heterocycles. The largest absolute Gasteiger partial charge is 0.494 e. The number of halogens is 1. The van der Waals surface area contributed by atoms with Crippen molar-refractivity contribution in [2.45, 2.75) is 32.6 Å². The molecule has 36 heavy (non-hydrogen) atoms. The summed E-state index contributed by atoms with van der Waals surface area (Å²) in [6.45, 7) is 7.00. The minimum atomic E-state index is -0.351. The topological polar surface area (TPSA) is 76.8 Å². The lowest BCUT2D eigenvalue weighted by Crippen LogP contribution is -2.32. The number of nitrogens with zero attached hydrogens (tertiary/aromatic N) is 4. The summed E-state index contributed by atoms with van der Waals surface area (Å²) >= 11 is 4.65. The molecule has 0 radical (unpaired) electrons. The van der Waals surface area contributed by atoms with Gasteiger partial charge in [-0.25, -0.2) is 0 Å². The zero-order valence-electron chi connectivity index (χ0n) is 19.9. The third-order valence-electron chi connectivity index (χ3n) is 6.05. The molecular formula is C27H25BrN4O3S. The summed E-state index contributed by atoms with van der Waals surface area (Å²) < 4.78 is 8.25. The van der Waals surface area contributed by atoms with Crippen molar-refractivity contribution in [1.82, 2.24) is 14.6 Å². The molecule has 0 aliphatic carbocycles. The lowest BCUT2D eigenvalue weighted by molar-refractivity contribution is -0.112. The van der Waals surface area contributed by atoms with Crippen molar-refractivity contribution in [1.29, 1.82) is 0 Å². The molecule has 5 rings (SSSR count). The Morgan fingerprint density at radius 2 is 1.92 bits per heavy atom. The van der Waals surface area contributed by atoms with Gasteiger partial charge in [-0.1, -0.05) is 59.5 Å². The van der Waals surface area contributed by atoms with Gasteiger partial charge in [-0.05, 0) is 48.9 Å². The molecule has 0 atom stereocenters. The Bertz CT molecular complexity index is 1560. The fraction of sp³-hybridized carbons (Fsp3) is 0.259. The highest BCUT2D eigenvalue weighted by molar-refractivity contribution is 9.10. The molecule has 7 nitrogen and oxygen atoms in total. The number of thiazole rings is 1. The van der Waals surface area contributed by atoms with Gasteiger partial charge in [-0.15, -0.1) is 11.7 Å². The summed E-state index contributed by atoms with van der Waals surface area (Å²) in [4.78, 5) is 33.3. The number of amides is 1. The van der Waals surface area contributed by atoms with E-state index in [0.717, 1.165) is 27.9 Å². The SMILES string of the molecule is C=CCN1C(=O)C(=c2sc3nc(-c4ccc(OCCCCCC)cc4)nn3c2=O)c2cc(Br)ccc21. The number of carbonyl (C=O) groups is 1. The van der Waals surface area contributed by atoms with Gasteiger partial charge in [0.05, 0.1) is 17.9 Å². The number of ether oxygens (including phenoxy) is 1. The molecule has 0 fully saturated rings. The van der Waals surface area contributed by atoms with Gasteiger partial charge in [0, 0.05) is 22.1 Å². The van der Waals surface area contributed by atoms with E-state index in [0.29, 0.717) is 39.6 Å². The lowest BCUT2D eigenvalue weighted by Gasteiger charge is -2.14. The van der Waals surface area contributed by atoms with Gasteiger partial charge in [0.25, 0.3) is 11.5 Å². The Kier molecular flexibility index (Phi) is 7.02. The molecule has 0 saturated heterocycles. The number of benzene rings is 2. The number of rotatable bonds is 9. The third kappa shape index (κ3) is 4.49. The second kappa shape index (κ2) is 10.4. The first-order valence-corrected chi connectivity index (χ1v) is 13.5. The zero-order valence-corrected chi connectivity index (χ0v) is 22.3. The quantitative estimate of drug-likeness (QED) is 0.211. The Balaban J connectivity index is 1.47. The van der Waals surface area contributed by atoms with E-state index in [1.165, 1.54) is 35.1 Å². The summed E-state index contributed by atoms with van der Waals surface area (Å²) in [7, 11) is 0. The number of hydrogen-bond acceptors (Lipinski definition) is 6. The molecule has 9 heteroatoms. The lowest BCUT2D eigenvalue weighted by atomic mass is 10.1. The molecule has 1 aliphatic rings. The van der Waals surface area contributed by atoms with E-state index in [1.807, 2.05) is 42.5 Å². The number of anilines is 1. The summed E-state index contributed by atoms with van der Waals surface area (Å²) in [5, 5.41) is 4.45. The third-order valence-corrected chi connectivity index (χ3v) is 7.58. The normalized spacial score (nSPS) is 14.5. The van der Waals surface area contributed by atoms with Crippen LogP contribution in [0.1, 0.15) is 38.2 Å². The van der Waals surface area contributed by atoms with Gasteiger partial charge in [-0.3, -0.25) is 9.59 Å². The van der Waals surface area contributed by atoms with Crippen molar-refractivity contribution < 1.29 is 9.53 Å². The summed E-state index contributed by atoms with van der Waals surface area (Å²) in [6, 6.07) is 13.2. The van der Waals surface area contributed by atoms with Crippen LogP contribution in [0.4, 0.5) is 5.69 Å². The van der Waals surface area contributed by atoms with Gasteiger partial charge >= 0.3 is 0 Å². The van der Waals surface area contributed by atoms with Crippen LogP contribution >= 0.6 is 27.3 Å². The van der Waals surface area contributed by atoms with Crippen molar-refractivity contribution in [3.63, 3.8) is 0 Å². The van der Waals surface area contributed by atoms with Crippen molar-refractivity contribution in [2.75, 3.05) is 18.1 Å². The average Bonchev–Trinajstić information content (AvgIpc) is 3.50. The van der Waals surface area contributed by atoms with E-state index >= 15 is 0 Å². The standard InChI is InChI=1S/C27H25BrN4O3S/c1-3-5-6-7-15-35-19-11-8-17(9-12-19)24-29-27-32(30-24)26(34)23(36-27)22-20-16-18(28)10-13-21(20)31(14-4-2)25(22)33/h4,8-13,16H,2-3,5-7,14-15H2,1H3. The number of fused-ring (bicyclic) bond motifs is 2. The highest BCUT2D eigenvalue weighted by Crippen LogP contribution is 2.37. The summed E-state index contributed by atoms with van der Waals surface area (Å²) in [5.41, 5.74) is 2.28. The van der Waals surface area contributed by atoms with Crippen molar-refractivity contribution in [3.8, 4) is 17.1 Å². The van der Waals surface area contributed by atoms with Gasteiger partial charge in [0.15, 0.2) is 5.82 Å². The van der Waals surface area contributed by atoms with Crippen LogP contribution in [0.15, 0.2) is 64.4 Å². The molecule has 1 aliphatic heterocycles. The smallest absolute Gasteiger partial charge is 0.291 e. The summed E-state index contributed by atoms with van der Waals surface area (Å²) in [5.74, 6) is 1.03. The van der Waals surface area contributed by atoms with Crippen molar-refractivity contribution in [3.05, 3.63) is 80.0 Å². The molecule has 0 spiro atoms. The van der Waals surface area contributed by atoms with E-state index < -0.39 is 0 Å². The highest BCUT2D eigenvalue weighted by Gasteiger charge is 2.34. The van der Waals surface area contributed by atoms with Crippen LogP contribution in [0.25, 0.3) is 21.9 Å². The Hall–Kier alpha value is -3.30. The molecule has 1 amide bonds. The molecule has 4 aromatic rings. The molecule has 2 aromatic carbocycles. The molecule has 3 heterocycles. The van der Waals surface area contributed by atoms with E-state index in [9.17, 15) is 9.59 Å². The van der Waals surface area contributed by atoms with Crippen LogP contribution in [-0.4, -0.2) is 33.7 Å². The Morgan fingerprint density at radius 1 is 1.11 bits per heavy atom. The number of carbonyl (C=O) groups excluding carboxylic acids is 1. The van der Waals surface area contributed by atoms with Crippen molar-refractivity contribution in [2.24, 2.45) is 0 Å². The maximum atomic E-state index is 13.3. The predicted molar refractivity (Wildman–Crippen MR) is 147 cm³/mol. The minimum absolute atomic E-state index is 0.227. The van der Waals surface area contributed by atoms with Crippen LogP contribution < -0.4 is 19.7 Å². The van der Waals surface area contributed by atoms with Gasteiger partial charge in [0.2, 0.25) is 4.96 Å². The van der Waals surface area contributed by atoms with E-state index in [2.05, 4.69) is 39.5 Å². The molecule has 0 bridgehead atoms. The van der Waals surface area contributed by atoms with Crippen molar-refractivity contribution >= 4 is 49.4 Å². The van der Waals surface area contributed by atoms with Crippen LogP contribution in [-0.2, 0) is 4.79 Å². The van der Waals surface area contributed by atoms with Gasteiger partial charge < -0.3 is 9.64 Å². The Morgan fingerprint density at radius 3 is 2.64 bits per heavy atom. The van der Waals surface area contributed by atoms with Crippen LogP contribution in [0, 0.1) is 0 Å². The van der Waals surface area contributed by atoms with Gasteiger partial charge in [-0.2, -0.15) is 9.50 Å². The molecule has 0 unspecified atom stereocenters. The number of unbranched alkanes of at least 4 members (excludes halogenated alkanes) is 3. The number of hydrogen-bond donors (Lipinski definition) is 0. The second-order valence-electron chi connectivity index (χ2n) is 8.54. The van der Waals surface area contributed by atoms with Crippen LogP contribution in [0.2, 0.25) is 0 Å². The molecule has 184 valence electrons. The first-order valence-electron chi connectivity index (χ1n) is 11.9.